The summed E-state index contributed by atoms with van der Waals surface area (Å²) in [4.78, 5) is 17.5. The monoisotopic (exact) mass is 386 g/mol. The fraction of sp³-hybridized carbons (Fsp3) is 0.125. The van der Waals surface area contributed by atoms with Crippen LogP contribution in [-0.4, -0.2) is 10.9 Å². The number of hydrogen-bond donors (Lipinski definition) is 1. The fourth-order valence-corrected chi connectivity index (χ4v) is 3.76. The molecule has 9 heteroatoms. The molecule has 1 aromatic carbocycles. The second-order valence-electron chi connectivity index (χ2n) is 4.99. The molecule has 0 radical (unpaired) electrons. The van der Waals surface area contributed by atoms with Crippen LogP contribution >= 0.6 is 22.7 Å². The molecule has 0 atom stereocenters. The van der Waals surface area contributed by atoms with Crippen LogP contribution in [0.3, 0.4) is 0 Å². The van der Waals surface area contributed by atoms with E-state index in [1.54, 1.807) is 0 Å². The third kappa shape index (κ3) is 4.05. The Hall–Kier alpha value is -2.26. The standard InChI is InChI=1S/C16H10F4N2OS2/c17-10-4-3-9(11(6-10)16(18,19)20)7-21-14(23)13-8-22-15(25-13)12-2-1-5-24-12/h1-6,8H,7H2,(H,21,23). The van der Waals surface area contributed by atoms with Gasteiger partial charge in [-0.25, -0.2) is 9.37 Å². The molecule has 2 aromatic heterocycles. The summed E-state index contributed by atoms with van der Waals surface area (Å²) in [6.07, 6.45) is -3.32. The highest BCUT2D eigenvalue weighted by Gasteiger charge is 2.33. The van der Waals surface area contributed by atoms with E-state index in [2.05, 4.69) is 10.3 Å². The highest BCUT2D eigenvalue weighted by atomic mass is 32.1. The molecule has 0 aliphatic rings. The van der Waals surface area contributed by atoms with Gasteiger partial charge in [0, 0.05) is 6.54 Å². The van der Waals surface area contributed by atoms with Gasteiger partial charge in [-0.15, -0.1) is 22.7 Å². The van der Waals surface area contributed by atoms with Gasteiger partial charge in [0.05, 0.1) is 16.6 Å². The van der Waals surface area contributed by atoms with Crippen molar-refractivity contribution in [3.63, 3.8) is 0 Å². The van der Waals surface area contributed by atoms with Gasteiger partial charge in [0.2, 0.25) is 0 Å². The Balaban J connectivity index is 1.73. The van der Waals surface area contributed by atoms with E-state index in [9.17, 15) is 22.4 Å². The van der Waals surface area contributed by atoms with Crippen molar-refractivity contribution in [1.82, 2.24) is 10.3 Å². The predicted molar refractivity (Wildman–Crippen MR) is 88.0 cm³/mol. The van der Waals surface area contributed by atoms with Gasteiger partial charge in [-0.05, 0) is 29.1 Å². The maximum Gasteiger partial charge on any atom is 0.416 e. The molecule has 0 bridgehead atoms. The minimum absolute atomic E-state index is 0.203. The lowest BCUT2D eigenvalue weighted by Gasteiger charge is -2.13. The zero-order valence-corrected chi connectivity index (χ0v) is 14.1. The molecule has 130 valence electrons. The molecule has 0 fully saturated rings. The number of rotatable bonds is 4. The normalized spacial score (nSPS) is 11.5. The van der Waals surface area contributed by atoms with E-state index in [-0.39, 0.29) is 12.1 Å². The number of amides is 1. The van der Waals surface area contributed by atoms with Gasteiger partial charge in [0.1, 0.15) is 15.7 Å². The first-order valence-electron chi connectivity index (χ1n) is 6.98. The van der Waals surface area contributed by atoms with Crippen LogP contribution < -0.4 is 5.32 Å². The van der Waals surface area contributed by atoms with Crippen molar-refractivity contribution in [3.8, 4) is 9.88 Å². The Morgan fingerprint density at radius 1 is 1.24 bits per heavy atom. The van der Waals surface area contributed by atoms with Crippen molar-refractivity contribution in [3.05, 3.63) is 63.7 Å². The Morgan fingerprint density at radius 2 is 2.04 bits per heavy atom. The van der Waals surface area contributed by atoms with E-state index in [1.807, 2.05) is 17.5 Å². The van der Waals surface area contributed by atoms with Crippen LogP contribution in [0.4, 0.5) is 17.6 Å². The van der Waals surface area contributed by atoms with E-state index in [1.165, 1.54) is 17.5 Å². The van der Waals surface area contributed by atoms with Gasteiger partial charge in [0.15, 0.2) is 0 Å². The number of halogens is 4. The van der Waals surface area contributed by atoms with Gasteiger partial charge in [0.25, 0.3) is 5.91 Å². The second-order valence-corrected chi connectivity index (χ2v) is 6.97. The average Bonchev–Trinajstić information content (AvgIpc) is 3.23. The maximum absolute atomic E-state index is 13.1. The lowest BCUT2D eigenvalue weighted by Crippen LogP contribution is -2.24. The third-order valence-corrected chi connectivity index (χ3v) is 5.31. The molecular formula is C16H10F4N2OS2. The molecule has 0 unspecified atom stereocenters. The molecule has 0 spiro atoms. The zero-order valence-electron chi connectivity index (χ0n) is 12.4. The van der Waals surface area contributed by atoms with E-state index >= 15 is 0 Å². The van der Waals surface area contributed by atoms with Crippen LogP contribution in [0, 0.1) is 5.82 Å². The minimum atomic E-state index is -4.70. The van der Waals surface area contributed by atoms with Crippen LogP contribution in [-0.2, 0) is 12.7 Å². The Bertz CT molecular complexity index is 888. The summed E-state index contributed by atoms with van der Waals surface area (Å²) in [7, 11) is 0. The molecule has 0 saturated carbocycles. The molecule has 1 N–H and O–H groups in total. The number of benzene rings is 1. The summed E-state index contributed by atoms with van der Waals surface area (Å²) in [5.74, 6) is -1.51. The first-order valence-corrected chi connectivity index (χ1v) is 8.68. The SMILES string of the molecule is O=C(NCc1ccc(F)cc1C(F)(F)F)c1cnc(-c2cccs2)s1. The summed E-state index contributed by atoms with van der Waals surface area (Å²) in [5, 5.41) is 4.96. The quantitative estimate of drug-likeness (QED) is 0.644. The van der Waals surface area contributed by atoms with Crippen LogP contribution in [0.5, 0.6) is 0 Å². The van der Waals surface area contributed by atoms with Crippen molar-refractivity contribution >= 4 is 28.6 Å². The first-order chi connectivity index (χ1) is 11.8. The van der Waals surface area contributed by atoms with E-state index < -0.39 is 23.5 Å². The summed E-state index contributed by atoms with van der Waals surface area (Å²) in [6.45, 7) is -0.361. The Labute approximate surface area is 148 Å². The lowest BCUT2D eigenvalue weighted by atomic mass is 10.1. The topological polar surface area (TPSA) is 42.0 Å². The number of thiophene rings is 1. The molecule has 3 nitrogen and oxygen atoms in total. The average molecular weight is 386 g/mol. The van der Waals surface area contributed by atoms with Crippen LogP contribution in [0.15, 0.2) is 41.9 Å². The minimum Gasteiger partial charge on any atom is -0.347 e. The molecule has 0 aliphatic carbocycles. The van der Waals surface area contributed by atoms with E-state index in [0.29, 0.717) is 16.0 Å². The first kappa shape index (κ1) is 17.6. The van der Waals surface area contributed by atoms with Crippen molar-refractivity contribution in [2.75, 3.05) is 0 Å². The van der Waals surface area contributed by atoms with Gasteiger partial charge < -0.3 is 5.32 Å². The number of nitrogens with one attached hydrogen (secondary N) is 1. The highest BCUT2D eigenvalue weighted by Crippen LogP contribution is 2.33. The van der Waals surface area contributed by atoms with E-state index in [0.717, 1.165) is 28.3 Å². The van der Waals surface area contributed by atoms with Crippen molar-refractivity contribution in [2.24, 2.45) is 0 Å². The van der Waals surface area contributed by atoms with Crippen molar-refractivity contribution < 1.29 is 22.4 Å². The predicted octanol–water partition coefficient (Wildman–Crippen LogP) is 4.96. The summed E-state index contributed by atoms with van der Waals surface area (Å²) in [6, 6.07) is 6.08. The third-order valence-electron chi connectivity index (χ3n) is 3.28. The molecule has 3 aromatic rings. The molecular weight excluding hydrogens is 376 g/mol. The number of thiazole rings is 1. The molecule has 3 rings (SSSR count). The van der Waals surface area contributed by atoms with Gasteiger partial charge in [-0.2, -0.15) is 13.2 Å². The lowest BCUT2D eigenvalue weighted by molar-refractivity contribution is -0.138. The number of carbonyl (C=O) groups excluding carboxylic acids is 1. The summed E-state index contributed by atoms with van der Waals surface area (Å²) in [5.41, 5.74) is -1.30. The molecule has 1 amide bonds. The molecule has 2 heterocycles. The van der Waals surface area contributed by atoms with Crippen LogP contribution in [0.1, 0.15) is 20.8 Å². The van der Waals surface area contributed by atoms with E-state index in [4.69, 9.17) is 0 Å². The highest BCUT2D eigenvalue weighted by molar-refractivity contribution is 7.21. The zero-order chi connectivity index (χ0) is 18.0. The Kier molecular flexibility index (Phi) is 4.87. The summed E-state index contributed by atoms with van der Waals surface area (Å²) < 4.78 is 51.9. The summed E-state index contributed by atoms with van der Waals surface area (Å²) >= 11 is 2.62. The molecule has 0 saturated heterocycles. The largest absolute Gasteiger partial charge is 0.416 e. The van der Waals surface area contributed by atoms with Crippen LogP contribution in [0.2, 0.25) is 0 Å². The number of nitrogens with zero attached hydrogens (tertiary/aromatic N) is 1. The van der Waals surface area contributed by atoms with Gasteiger partial charge in [-0.3, -0.25) is 4.79 Å². The number of aromatic nitrogens is 1. The van der Waals surface area contributed by atoms with Crippen LogP contribution in [0.25, 0.3) is 9.88 Å². The number of hydrogen-bond acceptors (Lipinski definition) is 4. The molecule has 25 heavy (non-hydrogen) atoms. The molecule has 0 aliphatic heterocycles. The van der Waals surface area contributed by atoms with Gasteiger partial charge >= 0.3 is 6.18 Å². The Morgan fingerprint density at radius 3 is 2.72 bits per heavy atom. The smallest absolute Gasteiger partial charge is 0.347 e. The number of carbonyl (C=O) groups is 1. The second kappa shape index (κ2) is 6.93. The van der Waals surface area contributed by atoms with Crippen molar-refractivity contribution in [1.29, 1.82) is 0 Å². The number of alkyl halides is 3. The maximum atomic E-state index is 13.1. The fourth-order valence-electron chi connectivity index (χ4n) is 2.12. The van der Waals surface area contributed by atoms with Gasteiger partial charge in [-0.1, -0.05) is 12.1 Å². The van der Waals surface area contributed by atoms with Crippen molar-refractivity contribution in [2.45, 2.75) is 12.7 Å².